The molecule has 0 aromatic carbocycles. The lowest BCUT2D eigenvalue weighted by molar-refractivity contribution is 0.386. The maximum absolute atomic E-state index is 11.9. The van der Waals surface area contributed by atoms with Gasteiger partial charge in [-0.3, -0.25) is 4.68 Å². The van der Waals surface area contributed by atoms with Crippen molar-refractivity contribution in [2.75, 3.05) is 19.0 Å². The first-order valence-corrected chi connectivity index (χ1v) is 10.4. The van der Waals surface area contributed by atoms with E-state index in [1.54, 1.807) is 0 Å². The van der Waals surface area contributed by atoms with Gasteiger partial charge in [0.2, 0.25) is 6.49 Å². The van der Waals surface area contributed by atoms with Gasteiger partial charge in [0.25, 0.3) is 5.88 Å². The molecule has 0 aliphatic carbocycles. The summed E-state index contributed by atoms with van der Waals surface area (Å²) in [5, 5.41) is 3.85. The van der Waals surface area contributed by atoms with Crippen molar-refractivity contribution in [2.45, 2.75) is 18.9 Å². The summed E-state index contributed by atoms with van der Waals surface area (Å²) in [6.45, 7) is 0.838. The second-order valence-electron chi connectivity index (χ2n) is 3.65. The second-order valence-corrected chi connectivity index (χ2v) is 10.3. The Bertz CT molecular complexity index is 606. The molecule has 6 nitrogen and oxygen atoms in total. The quantitative estimate of drug-likeness (QED) is 0.736. The van der Waals surface area contributed by atoms with Gasteiger partial charge < -0.3 is 9.05 Å². The van der Waals surface area contributed by atoms with Crippen LogP contribution in [-0.4, -0.2) is 37.2 Å². The molecule has 0 saturated heterocycles. The van der Waals surface area contributed by atoms with Gasteiger partial charge in [0.05, 0.1) is 5.75 Å². The molecule has 10 heteroatoms. The molecule has 0 radical (unpaired) electrons. The average Bonchev–Trinajstić information content (AvgIpc) is 2.64. The van der Waals surface area contributed by atoms with Crippen LogP contribution in [0.15, 0.2) is 5.03 Å². The van der Waals surface area contributed by atoms with Crippen LogP contribution in [0.3, 0.4) is 0 Å². The molecule has 1 rings (SSSR count). The predicted octanol–water partition coefficient (Wildman–Crippen LogP) is 2.22. The average molecular weight is 347 g/mol. The fourth-order valence-corrected chi connectivity index (χ4v) is 4.10. The molecule has 0 amide bonds. The highest BCUT2D eigenvalue weighted by molar-refractivity contribution is 8.10. The van der Waals surface area contributed by atoms with Gasteiger partial charge in [-0.2, -0.15) is 0 Å². The minimum absolute atomic E-state index is 0.00299. The third-order valence-electron chi connectivity index (χ3n) is 2.48. The van der Waals surface area contributed by atoms with E-state index in [0.29, 0.717) is 6.16 Å². The van der Waals surface area contributed by atoms with E-state index in [2.05, 4.69) is 5.10 Å². The van der Waals surface area contributed by atoms with E-state index in [-0.39, 0.29) is 21.7 Å². The minimum Gasteiger partial charge on any atom is -0.422 e. The van der Waals surface area contributed by atoms with Crippen molar-refractivity contribution in [3.8, 4) is 5.88 Å². The normalized spacial score (nSPS) is 15.2. The van der Waals surface area contributed by atoms with Crippen LogP contribution in [0.2, 0.25) is 5.02 Å². The van der Waals surface area contributed by atoms with Gasteiger partial charge in [-0.25, -0.2) is 8.42 Å². The first-order chi connectivity index (χ1) is 8.70. The summed E-state index contributed by atoms with van der Waals surface area (Å²) in [7, 11) is -0.543. The van der Waals surface area contributed by atoms with Crippen molar-refractivity contribution < 1.29 is 17.5 Å². The molecule has 0 aliphatic rings. The summed E-state index contributed by atoms with van der Waals surface area (Å²) in [5.74, 6) is -0.0685. The van der Waals surface area contributed by atoms with E-state index in [4.69, 9.17) is 32.5 Å². The largest absolute Gasteiger partial charge is 0.422 e. The van der Waals surface area contributed by atoms with Crippen LogP contribution >= 0.6 is 18.1 Å². The van der Waals surface area contributed by atoms with Gasteiger partial charge in [0, 0.05) is 20.3 Å². The number of sulfone groups is 1. The lowest BCUT2D eigenvalue weighted by atomic mass is 10.7. The molecule has 0 saturated carbocycles. The zero-order chi connectivity index (χ0) is 14.8. The third kappa shape index (κ3) is 3.49. The molecule has 1 atom stereocenters. The van der Waals surface area contributed by atoms with Gasteiger partial charge >= 0.3 is 0 Å². The number of hydrogen-bond acceptors (Lipinski definition) is 6. The maximum Gasteiger partial charge on any atom is 0.258 e. The highest BCUT2D eigenvalue weighted by atomic mass is 35.5. The Morgan fingerprint density at radius 2 is 2.05 bits per heavy atom. The summed E-state index contributed by atoms with van der Waals surface area (Å²) in [6.07, 6.45) is 0.488. The maximum atomic E-state index is 11.9. The number of hydrogen-bond donors (Lipinski definition) is 0. The molecule has 1 unspecified atom stereocenters. The van der Waals surface area contributed by atoms with E-state index < -0.39 is 16.3 Å². The molecule has 0 aliphatic heterocycles. The van der Waals surface area contributed by atoms with Crippen LogP contribution in [0, 0.1) is 0 Å². The summed E-state index contributed by atoms with van der Waals surface area (Å²) in [5.41, 5.74) is 0. The van der Waals surface area contributed by atoms with Crippen molar-refractivity contribution in [3.05, 3.63) is 5.02 Å². The highest BCUT2D eigenvalue weighted by Gasteiger charge is 2.28. The Balaban J connectivity index is 3.29. The second kappa shape index (κ2) is 6.10. The monoisotopic (exact) mass is 346 g/mol. The summed E-state index contributed by atoms with van der Waals surface area (Å²) < 4.78 is 35.7. The molecule has 110 valence electrons. The third-order valence-corrected chi connectivity index (χ3v) is 7.97. The van der Waals surface area contributed by atoms with E-state index in [1.165, 1.54) is 25.8 Å². The van der Waals surface area contributed by atoms with Crippen molar-refractivity contribution in [2.24, 2.45) is 7.05 Å². The Morgan fingerprint density at radius 1 is 1.47 bits per heavy atom. The molecule has 19 heavy (non-hydrogen) atoms. The summed E-state index contributed by atoms with van der Waals surface area (Å²) in [4.78, 5) is 0. The molecule has 0 spiro atoms. The molecule has 0 bridgehead atoms. The number of nitrogens with zero attached hydrogens (tertiary/aromatic N) is 2. The molecule has 1 aromatic rings. The zero-order valence-electron chi connectivity index (χ0n) is 11.1. The smallest absolute Gasteiger partial charge is 0.258 e. The summed E-state index contributed by atoms with van der Waals surface area (Å²) in [6, 6.07) is 0. The Kier molecular flexibility index (Phi) is 5.43. The first-order valence-electron chi connectivity index (χ1n) is 5.50. The standard InChI is InChI=1S/C9H16ClN2O4PS2/c1-5-17(18,15-4)16-8-7(10)9(12(3)11-8)19(13,14)6-2/h5-6H2,1-4H3. The molecule has 0 fully saturated rings. The van der Waals surface area contributed by atoms with Crippen LogP contribution in [0.4, 0.5) is 0 Å². The van der Waals surface area contributed by atoms with Crippen molar-refractivity contribution in [3.63, 3.8) is 0 Å². The van der Waals surface area contributed by atoms with Gasteiger partial charge in [0.15, 0.2) is 14.9 Å². The number of rotatable bonds is 6. The highest BCUT2D eigenvalue weighted by Crippen LogP contribution is 2.49. The number of halogens is 1. The van der Waals surface area contributed by atoms with Crippen LogP contribution in [0.5, 0.6) is 5.88 Å². The molecule has 1 heterocycles. The predicted molar refractivity (Wildman–Crippen MR) is 78.4 cm³/mol. The van der Waals surface area contributed by atoms with Crippen LogP contribution in [0.1, 0.15) is 13.8 Å². The SMILES string of the molecule is CCP(=S)(OC)Oc1nn(C)c(S(=O)(=O)CC)c1Cl. The van der Waals surface area contributed by atoms with Gasteiger partial charge in [-0.15, -0.1) is 5.10 Å². The van der Waals surface area contributed by atoms with Crippen LogP contribution in [0.25, 0.3) is 0 Å². The van der Waals surface area contributed by atoms with Crippen LogP contribution < -0.4 is 4.52 Å². The number of aryl methyl sites for hydroxylation is 1. The summed E-state index contributed by atoms with van der Waals surface area (Å²) >= 11 is 11.3. The molecule has 0 N–H and O–H groups in total. The minimum atomic E-state index is -3.48. The fraction of sp³-hybridized carbons (Fsp3) is 0.667. The van der Waals surface area contributed by atoms with Crippen molar-refractivity contribution in [1.29, 1.82) is 0 Å². The topological polar surface area (TPSA) is 70.4 Å². The molecular weight excluding hydrogens is 331 g/mol. The first kappa shape index (κ1) is 16.9. The van der Waals surface area contributed by atoms with Crippen LogP contribution in [-0.2, 0) is 33.2 Å². The zero-order valence-corrected chi connectivity index (χ0v) is 14.4. The lowest BCUT2D eigenvalue weighted by Gasteiger charge is -2.17. The lowest BCUT2D eigenvalue weighted by Crippen LogP contribution is -2.10. The molecular formula is C9H16ClN2O4PS2. The van der Waals surface area contributed by atoms with E-state index in [9.17, 15) is 8.42 Å². The molecule has 1 aromatic heterocycles. The van der Waals surface area contributed by atoms with E-state index in [1.807, 2.05) is 6.92 Å². The van der Waals surface area contributed by atoms with E-state index in [0.717, 1.165) is 0 Å². The van der Waals surface area contributed by atoms with Gasteiger partial charge in [-0.1, -0.05) is 25.4 Å². The van der Waals surface area contributed by atoms with Crippen molar-refractivity contribution >= 4 is 39.7 Å². The van der Waals surface area contributed by atoms with E-state index >= 15 is 0 Å². The fourth-order valence-electron chi connectivity index (χ4n) is 1.35. The Labute approximate surface area is 123 Å². The van der Waals surface area contributed by atoms with Gasteiger partial charge in [-0.05, 0) is 11.8 Å². The van der Waals surface area contributed by atoms with Crippen molar-refractivity contribution in [1.82, 2.24) is 9.78 Å². The Hall–Kier alpha value is -0.140. The Morgan fingerprint density at radius 3 is 2.47 bits per heavy atom. The van der Waals surface area contributed by atoms with Gasteiger partial charge in [0.1, 0.15) is 5.02 Å². The number of aromatic nitrogens is 2.